The summed E-state index contributed by atoms with van der Waals surface area (Å²) in [6.07, 6.45) is 2.20. The molecule has 2 nitrogen and oxygen atoms in total. The maximum atomic E-state index is 12.1. The SMILES string of the molecule is CCCC(C)COC(=O)c1cccc2ccccc12. The molecule has 2 rings (SSSR count). The number of hydrogen-bond acceptors (Lipinski definition) is 2. The number of fused-ring (bicyclic) bond motifs is 1. The Balaban J connectivity index is 2.13. The van der Waals surface area contributed by atoms with Gasteiger partial charge in [0, 0.05) is 0 Å². The maximum absolute atomic E-state index is 12.1. The predicted octanol–water partition coefficient (Wildman–Crippen LogP) is 4.43. The van der Waals surface area contributed by atoms with E-state index >= 15 is 0 Å². The number of benzene rings is 2. The molecule has 1 unspecified atom stereocenters. The van der Waals surface area contributed by atoms with Crippen LogP contribution in [0.25, 0.3) is 10.8 Å². The third kappa shape index (κ3) is 3.34. The molecule has 0 aromatic heterocycles. The van der Waals surface area contributed by atoms with E-state index in [0.717, 1.165) is 23.6 Å². The molecule has 0 fully saturated rings. The van der Waals surface area contributed by atoms with Gasteiger partial charge >= 0.3 is 5.97 Å². The highest BCUT2D eigenvalue weighted by Crippen LogP contribution is 2.19. The van der Waals surface area contributed by atoms with Crippen molar-refractivity contribution in [3.63, 3.8) is 0 Å². The van der Waals surface area contributed by atoms with Crippen LogP contribution in [-0.4, -0.2) is 12.6 Å². The summed E-state index contributed by atoms with van der Waals surface area (Å²) in [7, 11) is 0. The van der Waals surface area contributed by atoms with Crippen LogP contribution < -0.4 is 0 Å². The molecular weight excluding hydrogens is 236 g/mol. The van der Waals surface area contributed by atoms with Crippen LogP contribution in [-0.2, 0) is 4.74 Å². The molecule has 19 heavy (non-hydrogen) atoms. The Bertz CT molecular complexity index is 555. The van der Waals surface area contributed by atoms with Crippen molar-refractivity contribution >= 4 is 16.7 Å². The highest BCUT2D eigenvalue weighted by atomic mass is 16.5. The summed E-state index contributed by atoms with van der Waals surface area (Å²) < 4.78 is 5.41. The quantitative estimate of drug-likeness (QED) is 0.739. The van der Waals surface area contributed by atoms with E-state index in [1.807, 2.05) is 42.5 Å². The number of carbonyl (C=O) groups excluding carboxylic acids is 1. The molecule has 0 radical (unpaired) electrons. The molecule has 2 aromatic carbocycles. The first-order chi connectivity index (χ1) is 9.22. The van der Waals surface area contributed by atoms with Gasteiger partial charge in [0.2, 0.25) is 0 Å². The Morgan fingerprint density at radius 1 is 1.16 bits per heavy atom. The van der Waals surface area contributed by atoms with Crippen LogP contribution in [0, 0.1) is 5.92 Å². The lowest BCUT2D eigenvalue weighted by molar-refractivity contribution is 0.0446. The molecule has 0 saturated carbocycles. The average molecular weight is 256 g/mol. The van der Waals surface area contributed by atoms with E-state index in [0.29, 0.717) is 18.1 Å². The van der Waals surface area contributed by atoms with Gasteiger partial charge < -0.3 is 4.74 Å². The first-order valence-corrected chi connectivity index (χ1v) is 6.87. The largest absolute Gasteiger partial charge is 0.462 e. The molecule has 0 aliphatic carbocycles. The van der Waals surface area contributed by atoms with Gasteiger partial charge in [0.05, 0.1) is 12.2 Å². The van der Waals surface area contributed by atoms with E-state index in [9.17, 15) is 4.79 Å². The van der Waals surface area contributed by atoms with Gasteiger partial charge in [0.15, 0.2) is 0 Å². The highest BCUT2D eigenvalue weighted by molar-refractivity contribution is 6.04. The number of hydrogen-bond donors (Lipinski definition) is 0. The van der Waals surface area contributed by atoms with Gasteiger partial charge in [0.1, 0.15) is 0 Å². The van der Waals surface area contributed by atoms with E-state index in [-0.39, 0.29) is 5.97 Å². The summed E-state index contributed by atoms with van der Waals surface area (Å²) in [5.41, 5.74) is 0.654. The fourth-order valence-electron chi connectivity index (χ4n) is 2.28. The molecule has 100 valence electrons. The monoisotopic (exact) mass is 256 g/mol. The number of esters is 1. The zero-order valence-electron chi connectivity index (χ0n) is 11.6. The van der Waals surface area contributed by atoms with Gasteiger partial charge in [0.25, 0.3) is 0 Å². The Labute approximate surface area is 114 Å². The van der Waals surface area contributed by atoms with Crippen LogP contribution >= 0.6 is 0 Å². The molecule has 0 spiro atoms. The van der Waals surface area contributed by atoms with Gasteiger partial charge in [-0.1, -0.05) is 56.7 Å². The van der Waals surface area contributed by atoms with Gasteiger partial charge in [-0.2, -0.15) is 0 Å². The molecule has 1 atom stereocenters. The van der Waals surface area contributed by atoms with Crippen molar-refractivity contribution in [1.82, 2.24) is 0 Å². The molecule has 2 heteroatoms. The standard InChI is InChI=1S/C17H20O2/c1-3-7-13(2)12-19-17(18)16-11-6-9-14-8-4-5-10-15(14)16/h4-6,8-11,13H,3,7,12H2,1-2H3. The Morgan fingerprint density at radius 3 is 2.68 bits per heavy atom. The fraction of sp³-hybridized carbons (Fsp3) is 0.353. The molecule has 0 amide bonds. The summed E-state index contributed by atoms with van der Waals surface area (Å²) in [5, 5.41) is 2.02. The smallest absolute Gasteiger partial charge is 0.338 e. The lowest BCUT2D eigenvalue weighted by atomic mass is 10.0. The summed E-state index contributed by atoms with van der Waals surface area (Å²) in [5.74, 6) is 0.198. The molecule has 2 aromatic rings. The minimum absolute atomic E-state index is 0.222. The van der Waals surface area contributed by atoms with E-state index in [1.54, 1.807) is 0 Å². The Hall–Kier alpha value is -1.83. The highest BCUT2D eigenvalue weighted by Gasteiger charge is 2.12. The van der Waals surface area contributed by atoms with Crippen LogP contribution in [0.2, 0.25) is 0 Å². The van der Waals surface area contributed by atoms with Crippen LogP contribution in [0.15, 0.2) is 42.5 Å². The third-order valence-corrected chi connectivity index (χ3v) is 3.29. The second-order valence-corrected chi connectivity index (χ2v) is 5.02. The van der Waals surface area contributed by atoms with Crippen LogP contribution in [0.1, 0.15) is 37.0 Å². The lowest BCUT2D eigenvalue weighted by Gasteiger charge is -2.11. The molecule has 0 aliphatic rings. The van der Waals surface area contributed by atoms with E-state index in [1.165, 1.54) is 0 Å². The topological polar surface area (TPSA) is 26.3 Å². The van der Waals surface area contributed by atoms with Crippen molar-refractivity contribution in [3.05, 3.63) is 48.0 Å². The summed E-state index contributed by atoms with van der Waals surface area (Å²) in [6.45, 7) is 4.75. The molecule has 0 aliphatic heterocycles. The molecule has 0 bridgehead atoms. The fourth-order valence-corrected chi connectivity index (χ4v) is 2.28. The van der Waals surface area contributed by atoms with Crippen molar-refractivity contribution < 1.29 is 9.53 Å². The van der Waals surface area contributed by atoms with Gasteiger partial charge in [-0.05, 0) is 29.2 Å². The summed E-state index contributed by atoms with van der Waals surface area (Å²) >= 11 is 0. The zero-order chi connectivity index (χ0) is 13.7. The molecule has 0 N–H and O–H groups in total. The van der Waals surface area contributed by atoms with Crippen LogP contribution in [0.5, 0.6) is 0 Å². The minimum atomic E-state index is -0.222. The van der Waals surface area contributed by atoms with Gasteiger partial charge in [-0.15, -0.1) is 0 Å². The van der Waals surface area contributed by atoms with Gasteiger partial charge in [-0.25, -0.2) is 4.79 Å². The van der Waals surface area contributed by atoms with Crippen LogP contribution in [0.4, 0.5) is 0 Å². The lowest BCUT2D eigenvalue weighted by Crippen LogP contribution is -2.12. The molecule has 0 heterocycles. The van der Waals surface area contributed by atoms with E-state index < -0.39 is 0 Å². The van der Waals surface area contributed by atoms with Crippen LogP contribution in [0.3, 0.4) is 0 Å². The first kappa shape index (κ1) is 13.6. The van der Waals surface area contributed by atoms with Crippen molar-refractivity contribution in [2.24, 2.45) is 5.92 Å². The zero-order valence-corrected chi connectivity index (χ0v) is 11.6. The number of rotatable bonds is 5. The first-order valence-electron chi connectivity index (χ1n) is 6.87. The number of carbonyl (C=O) groups is 1. The van der Waals surface area contributed by atoms with Crippen molar-refractivity contribution in [3.8, 4) is 0 Å². The Morgan fingerprint density at radius 2 is 1.89 bits per heavy atom. The predicted molar refractivity (Wildman–Crippen MR) is 78.3 cm³/mol. The van der Waals surface area contributed by atoms with Gasteiger partial charge in [-0.3, -0.25) is 0 Å². The maximum Gasteiger partial charge on any atom is 0.338 e. The average Bonchev–Trinajstić information content (AvgIpc) is 2.44. The summed E-state index contributed by atoms with van der Waals surface area (Å²) in [4.78, 5) is 12.1. The summed E-state index contributed by atoms with van der Waals surface area (Å²) in [6, 6.07) is 13.6. The third-order valence-electron chi connectivity index (χ3n) is 3.29. The van der Waals surface area contributed by atoms with Crippen molar-refractivity contribution in [2.45, 2.75) is 26.7 Å². The minimum Gasteiger partial charge on any atom is -0.462 e. The normalized spacial score (nSPS) is 12.3. The second-order valence-electron chi connectivity index (χ2n) is 5.02. The number of ether oxygens (including phenoxy) is 1. The second kappa shape index (κ2) is 6.37. The van der Waals surface area contributed by atoms with Crippen molar-refractivity contribution in [1.29, 1.82) is 0 Å². The molecule has 0 saturated heterocycles. The molecular formula is C17H20O2. The van der Waals surface area contributed by atoms with E-state index in [2.05, 4.69) is 13.8 Å². The Kier molecular flexibility index (Phi) is 4.56. The van der Waals surface area contributed by atoms with E-state index in [4.69, 9.17) is 4.74 Å². The van der Waals surface area contributed by atoms with Crippen molar-refractivity contribution in [2.75, 3.05) is 6.61 Å².